The van der Waals surface area contributed by atoms with Gasteiger partial charge in [-0.1, -0.05) is 23.4 Å². The molecule has 0 aliphatic heterocycles. The van der Waals surface area contributed by atoms with Crippen LogP contribution in [0.15, 0.2) is 47.9 Å². The fourth-order valence-electron chi connectivity index (χ4n) is 1.76. The maximum Gasteiger partial charge on any atom is 0.170 e. The van der Waals surface area contributed by atoms with Crippen LogP contribution in [0.3, 0.4) is 0 Å². The van der Waals surface area contributed by atoms with Crippen LogP contribution in [-0.2, 0) is 13.1 Å². The molecule has 1 aromatic carbocycles. The molecule has 0 saturated heterocycles. The Morgan fingerprint density at radius 3 is 3.05 bits per heavy atom. The van der Waals surface area contributed by atoms with E-state index in [9.17, 15) is 0 Å². The minimum atomic E-state index is 0.124. The number of oxime groups is 1. The molecule has 0 atom stereocenters. The number of benzene rings is 1. The summed E-state index contributed by atoms with van der Waals surface area (Å²) < 4.78 is 1.87. The summed E-state index contributed by atoms with van der Waals surface area (Å²) in [6.07, 6.45) is 3.70. The SMILES string of the molecule is NC(=NO)c1cccc(CNCCn2cccn2)c1. The van der Waals surface area contributed by atoms with Crippen molar-refractivity contribution in [2.75, 3.05) is 6.54 Å². The van der Waals surface area contributed by atoms with Crippen LogP contribution in [0.25, 0.3) is 0 Å². The average Bonchev–Trinajstić information content (AvgIpc) is 2.96. The number of nitrogens with one attached hydrogen (secondary N) is 1. The first-order valence-corrected chi connectivity index (χ1v) is 6.04. The first kappa shape index (κ1) is 13.1. The van der Waals surface area contributed by atoms with Gasteiger partial charge in [0.25, 0.3) is 0 Å². The molecule has 6 heteroatoms. The minimum Gasteiger partial charge on any atom is -0.409 e. The predicted octanol–water partition coefficient (Wildman–Crippen LogP) is 0.767. The molecule has 0 spiro atoms. The van der Waals surface area contributed by atoms with E-state index in [-0.39, 0.29) is 5.84 Å². The number of hydrogen-bond acceptors (Lipinski definition) is 4. The van der Waals surface area contributed by atoms with Crippen molar-refractivity contribution in [3.8, 4) is 0 Å². The largest absolute Gasteiger partial charge is 0.409 e. The Hall–Kier alpha value is -2.34. The zero-order chi connectivity index (χ0) is 13.5. The van der Waals surface area contributed by atoms with Crippen molar-refractivity contribution in [3.63, 3.8) is 0 Å². The molecule has 0 amide bonds. The van der Waals surface area contributed by atoms with Crippen molar-refractivity contribution in [1.29, 1.82) is 0 Å². The molecule has 1 aromatic heterocycles. The van der Waals surface area contributed by atoms with Crippen molar-refractivity contribution >= 4 is 5.84 Å². The summed E-state index contributed by atoms with van der Waals surface area (Å²) >= 11 is 0. The Balaban J connectivity index is 1.82. The number of nitrogens with two attached hydrogens (primary N) is 1. The number of amidine groups is 1. The number of nitrogens with zero attached hydrogens (tertiary/aromatic N) is 3. The van der Waals surface area contributed by atoms with Gasteiger partial charge in [-0.2, -0.15) is 5.10 Å². The summed E-state index contributed by atoms with van der Waals surface area (Å²) in [5, 5.41) is 19.1. The number of aromatic nitrogens is 2. The fraction of sp³-hybridized carbons (Fsp3) is 0.231. The third-order valence-electron chi connectivity index (χ3n) is 2.74. The summed E-state index contributed by atoms with van der Waals surface area (Å²) in [7, 11) is 0. The van der Waals surface area contributed by atoms with Gasteiger partial charge in [-0.3, -0.25) is 4.68 Å². The third-order valence-corrected chi connectivity index (χ3v) is 2.74. The zero-order valence-corrected chi connectivity index (χ0v) is 10.5. The van der Waals surface area contributed by atoms with E-state index < -0.39 is 0 Å². The minimum absolute atomic E-state index is 0.124. The van der Waals surface area contributed by atoms with Crippen molar-refractivity contribution in [1.82, 2.24) is 15.1 Å². The van der Waals surface area contributed by atoms with Gasteiger partial charge in [-0.05, 0) is 17.7 Å². The average molecular weight is 259 g/mol. The standard InChI is InChI=1S/C13H17N5O/c14-13(17-19)12-4-1-3-11(9-12)10-15-6-8-18-7-2-5-16-18/h1-5,7,9,15,19H,6,8,10H2,(H2,14,17). The summed E-state index contributed by atoms with van der Waals surface area (Å²) in [4.78, 5) is 0. The van der Waals surface area contributed by atoms with E-state index in [1.165, 1.54) is 0 Å². The second kappa shape index (κ2) is 6.55. The van der Waals surface area contributed by atoms with Crippen molar-refractivity contribution in [2.24, 2.45) is 10.9 Å². The molecule has 0 fully saturated rings. The highest BCUT2D eigenvalue weighted by molar-refractivity contribution is 5.97. The summed E-state index contributed by atoms with van der Waals surface area (Å²) in [6.45, 7) is 2.39. The highest BCUT2D eigenvalue weighted by Gasteiger charge is 2.00. The van der Waals surface area contributed by atoms with Crippen LogP contribution in [0.4, 0.5) is 0 Å². The van der Waals surface area contributed by atoms with Gasteiger partial charge in [-0.15, -0.1) is 0 Å². The molecular formula is C13H17N5O. The normalized spacial score (nSPS) is 11.7. The van der Waals surface area contributed by atoms with Gasteiger partial charge in [-0.25, -0.2) is 0 Å². The van der Waals surface area contributed by atoms with E-state index in [1.807, 2.05) is 41.2 Å². The van der Waals surface area contributed by atoms with Crippen molar-refractivity contribution in [3.05, 3.63) is 53.9 Å². The first-order chi connectivity index (χ1) is 9.29. The van der Waals surface area contributed by atoms with E-state index in [1.54, 1.807) is 6.20 Å². The van der Waals surface area contributed by atoms with E-state index in [4.69, 9.17) is 10.9 Å². The molecule has 100 valence electrons. The molecule has 0 bridgehead atoms. The molecule has 4 N–H and O–H groups in total. The van der Waals surface area contributed by atoms with Gasteiger partial charge < -0.3 is 16.3 Å². The maximum absolute atomic E-state index is 8.64. The highest BCUT2D eigenvalue weighted by atomic mass is 16.4. The topological polar surface area (TPSA) is 88.5 Å². The Morgan fingerprint density at radius 2 is 2.32 bits per heavy atom. The zero-order valence-electron chi connectivity index (χ0n) is 10.5. The molecule has 0 unspecified atom stereocenters. The maximum atomic E-state index is 8.64. The number of rotatable bonds is 6. The van der Waals surface area contributed by atoms with Gasteiger partial charge >= 0.3 is 0 Å². The van der Waals surface area contributed by atoms with Crippen LogP contribution < -0.4 is 11.1 Å². The van der Waals surface area contributed by atoms with Gasteiger partial charge in [0, 0.05) is 31.0 Å². The molecule has 0 aliphatic carbocycles. The van der Waals surface area contributed by atoms with E-state index >= 15 is 0 Å². The molecule has 0 saturated carbocycles. The lowest BCUT2D eigenvalue weighted by molar-refractivity contribution is 0.318. The number of hydrogen-bond donors (Lipinski definition) is 3. The van der Waals surface area contributed by atoms with Crippen LogP contribution in [0.1, 0.15) is 11.1 Å². The molecule has 2 aromatic rings. The van der Waals surface area contributed by atoms with Gasteiger partial charge in [0.15, 0.2) is 5.84 Å². The molecule has 6 nitrogen and oxygen atoms in total. The predicted molar refractivity (Wildman–Crippen MR) is 72.9 cm³/mol. The smallest absolute Gasteiger partial charge is 0.170 e. The third kappa shape index (κ3) is 3.82. The molecule has 0 aliphatic rings. The summed E-state index contributed by atoms with van der Waals surface area (Å²) in [5.41, 5.74) is 7.35. The van der Waals surface area contributed by atoms with Crippen LogP contribution >= 0.6 is 0 Å². The van der Waals surface area contributed by atoms with Crippen LogP contribution in [-0.4, -0.2) is 27.4 Å². The Labute approximate surface area is 111 Å². The Bertz CT molecular complexity index is 536. The molecule has 2 rings (SSSR count). The highest BCUT2D eigenvalue weighted by Crippen LogP contribution is 2.04. The van der Waals surface area contributed by atoms with Crippen molar-refractivity contribution < 1.29 is 5.21 Å². The monoisotopic (exact) mass is 259 g/mol. The van der Waals surface area contributed by atoms with E-state index in [0.29, 0.717) is 5.56 Å². The lowest BCUT2D eigenvalue weighted by atomic mass is 10.1. The van der Waals surface area contributed by atoms with Crippen LogP contribution in [0, 0.1) is 0 Å². The second-order valence-electron chi connectivity index (χ2n) is 4.13. The quantitative estimate of drug-likeness (QED) is 0.235. The summed E-state index contributed by atoms with van der Waals surface area (Å²) in [5.74, 6) is 0.124. The molecule has 19 heavy (non-hydrogen) atoms. The lowest BCUT2D eigenvalue weighted by Gasteiger charge is -2.06. The van der Waals surface area contributed by atoms with E-state index in [2.05, 4.69) is 15.6 Å². The van der Waals surface area contributed by atoms with Crippen LogP contribution in [0.2, 0.25) is 0 Å². The van der Waals surface area contributed by atoms with Crippen molar-refractivity contribution in [2.45, 2.75) is 13.1 Å². The van der Waals surface area contributed by atoms with Gasteiger partial charge in [0.2, 0.25) is 0 Å². The molecular weight excluding hydrogens is 242 g/mol. The van der Waals surface area contributed by atoms with Crippen LogP contribution in [0.5, 0.6) is 0 Å². The molecule has 0 radical (unpaired) electrons. The Kier molecular flexibility index (Phi) is 4.52. The summed E-state index contributed by atoms with van der Waals surface area (Å²) in [6, 6.07) is 9.49. The first-order valence-electron chi connectivity index (χ1n) is 6.04. The second-order valence-corrected chi connectivity index (χ2v) is 4.13. The fourth-order valence-corrected chi connectivity index (χ4v) is 1.76. The van der Waals surface area contributed by atoms with Gasteiger partial charge in [0.05, 0.1) is 6.54 Å². The molecule has 1 heterocycles. The lowest BCUT2D eigenvalue weighted by Crippen LogP contribution is -2.20. The van der Waals surface area contributed by atoms with E-state index in [0.717, 1.165) is 25.2 Å². The Morgan fingerprint density at radius 1 is 1.42 bits per heavy atom. The van der Waals surface area contributed by atoms with Gasteiger partial charge in [0.1, 0.15) is 0 Å².